The number of anilines is 1. The van der Waals surface area contributed by atoms with E-state index < -0.39 is 0 Å². The minimum Gasteiger partial charge on any atom is -0.485 e. The second-order valence-electron chi connectivity index (χ2n) is 5.37. The molecule has 0 aliphatic carbocycles. The van der Waals surface area contributed by atoms with Crippen molar-refractivity contribution in [3.05, 3.63) is 18.3 Å². The van der Waals surface area contributed by atoms with E-state index in [1.54, 1.807) is 0 Å². The van der Waals surface area contributed by atoms with Crippen LogP contribution in [0, 0.1) is 0 Å². The highest BCUT2D eigenvalue weighted by atomic mass is 16.5. The van der Waals surface area contributed by atoms with Gasteiger partial charge in [-0.25, -0.2) is 4.98 Å². The maximum absolute atomic E-state index is 5.97. The van der Waals surface area contributed by atoms with Crippen LogP contribution in [-0.4, -0.2) is 61.9 Å². The molecule has 1 aromatic rings. The van der Waals surface area contributed by atoms with Gasteiger partial charge in [0.05, 0.1) is 19.8 Å². The van der Waals surface area contributed by atoms with Gasteiger partial charge >= 0.3 is 0 Å². The van der Waals surface area contributed by atoms with E-state index in [0.717, 1.165) is 63.9 Å². The number of hydrogen-bond acceptors (Lipinski definition) is 5. The van der Waals surface area contributed by atoms with Gasteiger partial charge in [-0.15, -0.1) is 0 Å². The molecule has 2 aliphatic heterocycles. The van der Waals surface area contributed by atoms with Crippen LogP contribution in [0.1, 0.15) is 13.3 Å². The van der Waals surface area contributed by atoms with Crippen molar-refractivity contribution in [2.75, 3.05) is 50.8 Å². The number of hydrogen-bond donors (Lipinski definition) is 0. The minimum absolute atomic E-state index is 0.274. The van der Waals surface area contributed by atoms with Crippen molar-refractivity contribution in [2.45, 2.75) is 19.4 Å². The Morgan fingerprint density at radius 1 is 1.30 bits per heavy atom. The molecule has 3 rings (SSSR count). The molecule has 1 atom stereocenters. The van der Waals surface area contributed by atoms with Crippen molar-refractivity contribution >= 4 is 5.82 Å². The van der Waals surface area contributed by atoms with Gasteiger partial charge < -0.3 is 14.4 Å². The van der Waals surface area contributed by atoms with E-state index in [4.69, 9.17) is 9.47 Å². The fourth-order valence-corrected chi connectivity index (χ4v) is 2.76. The van der Waals surface area contributed by atoms with Crippen LogP contribution in [0.25, 0.3) is 0 Å². The lowest BCUT2D eigenvalue weighted by Gasteiger charge is -2.36. The molecular formula is C15H23N3O2. The molecule has 0 N–H and O–H groups in total. The zero-order chi connectivity index (χ0) is 13.8. The second kappa shape index (κ2) is 6.41. The molecule has 5 nitrogen and oxygen atoms in total. The Hall–Kier alpha value is -1.33. The average Bonchev–Trinajstić information content (AvgIpc) is 2.53. The Morgan fingerprint density at radius 3 is 2.95 bits per heavy atom. The number of ether oxygens (including phenoxy) is 2. The first kappa shape index (κ1) is 13.6. The van der Waals surface area contributed by atoms with Gasteiger partial charge in [0.15, 0.2) is 11.6 Å². The normalized spacial score (nSPS) is 23.2. The fourth-order valence-electron chi connectivity index (χ4n) is 2.76. The summed E-state index contributed by atoms with van der Waals surface area (Å²) in [6, 6.07) is 3.96. The van der Waals surface area contributed by atoms with E-state index in [1.165, 1.54) is 0 Å². The molecule has 1 aromatic heterocycles. The summed E-state index contributed by atoms with van der Waals surface area (Å²) in [5.41, 5.74) is 0. The summed E-state index contributed by atoms with van der Waals surface area (Å²) < 4.78 is 11.4. The summed E-state index contributed by atoms with van der Waals surface area (Å²) in [6.45, 7) is 8.97. The lowest BCUT2D eigenvalue weighted by Crippen LogP contribution is -2.46. The highest BCUT2D eigenvalue weighted by Gasteiger charge is 2.25. The number of fused-ring (bicyclic) bond motifs is 1. The third kappa shape index (κ3) is 3.04. The van der Waals surface area contributed by atoms with Gasteiger partial charge in [0.25, 0.3) is 0 Å². The zero-order valence-electron chi connectivity index (χ0n) is 12.1. The van der Waals surface area contributed by atoms with Gasteiger partial charge in [-0.1, -0.05) is 6.92 Å². The largest absolute Gasteiger partial charge is 0.485 e. The summed E-state index contributed by atoms with van der Waals surface area (Å²) in [5, 5.41) is 0. The Kier molecular flexibility index (Phi) is 4.38. The minimum atomic E-state index is 0.274. The molecule has 20 heavy (non-hydrogen) atoms. The van der Waals surface area contributed by atoms with Gasteiger partial charge in [-0.3, -0.25) is 4.90 Å². The van der Waals surface area contributed by atoms with E-state index in [1.807, 2.05) is 18.3 Å². The number of rotatable bonds is 4. The first-order valence-corrected chi connectivity index (χ1v) is 7.53. The van der Waals surface area contributed by atoms with E-state index in [-0.39, 0.29) is 6.10 Å². The number of aromatic nitrogens is 1. The monoisotopic (exact) mass is 277 g/mol. The highest BCUT2D eigenvalue weighted by molar-refractivity contribution is 5.54. The molecule has 0 radical (unpaired) electrons. The van der Waals surface area contributed by atoms with Gasteiger partial charge in [-0.05, 0) is 18.6 Å². The Bertz CT molecular complexity index is 435. The van der Waals surface area contributed by atoms with Crippen LogP contribution >= 0.6 is 0 Å². The van der Waals surface area contributed by atoms with Crippen LogP contribution in [0.5, 0.6) is 5.75 Å². The SMILES string of the molecule is CCC1CN(CCN2CCOCC2)c2ncccc2O1. The van der Waals surface area contributed by atoms with Crippen LogP contribution in [0.4, 0.5) is 5.82 Å². The third-order valence-electron chi connectivity index (χ3n) is 4.01. The molecular weight excluding hydrogens is 254 g/mol. The molecule has 1 saturated heterocycles. The molecule has 0 bridgehead atoms. The molecule has 1 fully saturated rings. The van der Waals surface area contributed by atoms with Crippen molar-refractivity contribution < 1.29 is 9.47 Å². The zero-order valence-corrected chi connectivity index (χ0v) is 12.1. The Morgan fingerprint density at radius 2 is 2.15 bits per heavy atom. The van der Waals surface area contributed by atoms with E-state index in [0.29, 0.717) is 0 Å². The van der Waals surface area contributed by atoms with Crippen LogP contribution in [-0.2, 0) is 4.74 Å². The number of nitrogens with zero attached hydrogens (tertiary/aromatic N) is 3. The molecule has 0 saturated carbocycles. The summed E-state index contributed by atoms with van der Waals surface area (Å²) in [4.78, 5) is 9.32. The second-order valence-corrected chi connectivity index (χ2v) is 5.37. The number of pyridine rings is 1. The van der Waals surface area contributed by atoms with Gasteiger partial charge in [0.1, 0.15) is 6.10 Å². The van der Waals surface area contributed by atoms with Crippen molar-refractivity contribution in [2.24, 2.45) is 0 Å². The van der Waals surface area contributed by atoms with Crippen LogP contribution < -0.4 is 9.64 Å². The Labute approximate surface area is 120 Å². The summed E-state index contributed by atoms with van der Waals surface area (Å²) in [6.07, 6.45) is 3.15. The third-order valence-corrected chi connectivity index (χ3v) is 4.01. The first-order valence-electron chi connectivity index (χ1n) is 7.53. The summed E-state index contributed by atoms with van der Waals surface area (Å²) >= 11 is 0. The Balaban J connectivity index is 1.65. The van der Waals surface area contributed by atoms with Crippen LogP contribution in [0.2, 0.25) is 0 Å². The summed E-state index contributed by atoms with van der Waals surface area (Å²) in [7, 11) is 0. The maximum Gasteiger partial charge on any atom is 0.171 e. The first-order chi connectivity index (χ1) is 9.86. The van der Waals surface area contributed by atoms with Crippen LogP contribution in [0.3, 0.4) is 0 Å². The quantitative estimate of drug-likeness (QED) is 0.831. The predicted octanol–water partition coefficient (Wildman–Crippen LogP) is 1.39. The molecule has 110 valence electrons. The maximum atomic E-state index is 5.97. The van der Waals surface area contributed by atoms with E-state index in [2.05, 4.69) is 21.7 Å². The van der Waals surface area contributed by atoms with Gasteiger partial charge in [0, 0.05) is 32.4 Å². The molecule has 1 unspecified atom stereocenters. The van der Waals surface area contributed by atoms with Gasteiger partial charge in [-0.2, -0.15) is 0 Å². The average molecular weight is 277 g/mol. The highest BCUT2D eigenvalue weighted by Crippen LogP contribution is 2.31. The standard InChI is InChI=1S/C15H23N3O2/c1-2-13-12-18(7-6-17-8-10-19-11-9-17)15-14(20-13)4-3-5-16-15/h3-5,13H,2,6-12H2,1H3. The molecule has 2 aliphatic rings. The molecule has 0 amide bonds. The molecule has 0 spiro atoms. The van der Waals surface area contributed by atoms with Crippen molar-refractivity contribution in [3.63, 3.8) is 0 Å². The summed E-state index contributed by atoms with van der Waals surface area (Å²) in [5.74, 6) is 1.91. The lowest BCUT2D eigenvalue weighted by atomic mass is 10.2. The van der Waals surface area contributed by atoms with Crippen LogP contribution in [0.15, 0.2) is 18.3 Å². The topological polar surface area (TPSA) is 37.8 Å². The van der Waals surface area contributed by atoms with Crippen molar-refractivity contribution in [3.8, 4) is 5.75 Å². The van der Waals surface area contributed by atoms with E-state index in [9.17, 15) is 0 Å². The lowest BCUT2D eigenvalue weighted by molar-refractivity contribution is 0.0387. The molecule has 0 aromatic carbocycles. The number of morpholine rings is 1. The van der Waals surface area contributed by atoms with Crippen molar-refractivity contribution in [1.29, 1.82) is 0 Å². The fraction of sp³-hybridized carbons (Fsp3) is 0.667. The van der Waals surface area contributed by atoms with E-state index >= 15 is 0 Å². The molecule has 3 heterocycles. The molecule has 5 heteroatoms. The smallest absolute Gasteiger partial charge is 0.171 e. The van der Waals surface area contributed by atoms with Crippen molar-refractivity contribution in [1.82, 2.24) is 9.88 Å². The predicted molar refractivity (Wildman–Crippen MR) is 78.4 cm³/mol. The van der Waals surface area contributed by atoms with Gasteiger partial charge in [0.2, 0.25) is 0 Å².